The molecule has 27 heavy (non-hydrogen) atoms. The predicted molar refractivity (Wildman–Crippen MR) is 109 cm³/mol. The second-order valence-corrected chi connectivity index (χ2v) is 6.32. The van der Waals surface area contributed by atoms with Gasteiger partial charge in [0.2, 0.25) is 5.95 Å². The Bertz CT molecular complexity index is 1050. The molecule has 7 heteroatoms. The molecule has 3 heterocycles. The number of anilines is 3. The average molecular weight is 359 g/mol. The topological polar surface area (TPSA) is 93.2 Å². The number of nitrogens with two attached hydrogens (primary N) is 1. The lowest BCUT2D eigenvalue weighted by Gasteiger charge is -2.11. The van der Waals surface area contributed by atoms with Crippen molar-refractivity contribution in [1.29, 1.82) is 0 Å². The van der Waals surface area contributed by atoms with Crippen LogP contribution in [0.3, 0.4) is 0 Å². The molecule has 0 saturated heterocycles. The number of aromatic nitrogens is 4. The molecule has 4 N–H and O–H groups in total. The van der Waals surface area contributed by atoms with Gasteiger partial charge in [-0.1, -0.05) is 23.8 Å². The highest BCUT2D eigenvalue weighted by Crippen LogP contribution is 2.22. The summed E-state index contributed by atoms with van der Waals surface area (Å²) in [5.41, 5.74) is 10.3. The van der Waals surface area contributed by atoms with E-state index in [2.05, 4.69) is 45.7 Å². The third kappa shape index (κ3) is 3.82. The largest absolute Gasteiger partial charge is 0.397 e. The highest BCUT2D eigenvalue weighted by Gasteiger charge is 2.08. The average Bonchev–Trinajstić information content (AvgIpc) is 3.15. The fourth-order valence-corrected chi connectivity index (χ4v) is 2.88. The number of pyridine rings is 1. The maximum absolute atomic E-state index is 5.65. The van der Waals surface area contributed by atoms with Gasteiger partial charge >= 0.3 is 0 Å². The van der Waals surface area contributed by atoms with E-state index in [9.17, 15) is 0 Å². The molecular formula is C20H21N7. The van der Waals surface area contributed by atoms with Crippen LogP contribution in [-0.2, 0) is 0 Å². The zero-order chi connectivity index (χ0) is 18.6. The van der Waals surface area contributed by atoms with E-state index in [1.165, 1.54) is 5.56 Å². The first-order chi connectivity index (χ1) is 13.2. The van der Waals surface area contributed by atoms with Crippen molar-refractivity contribution < 1.29 is 0 Å². The Kier molecular flexibility index (Phi) is 4.57. The molecule has 4 rings (SSSR count). The summed E-state index contributed by atoms with van der Waals surface area (Å²) in [6.45, 7) is 3.46. The van der Waals surface area contributed by atoms with Crippen molar-refractivity contribution >= 4 is 23.1 Å². The number of hydrogen-bond acceptors (Lipinski definition) is 6. The molecule has 0 fully saturated rings. The van der Waals surface area contributed by atoms with Crippen molar-refractivity contribution in [2.24, 2.45) is 0 Å². The van der Waals surface area contributed by atoms with Gasteiger partial charge in [-0.2, -0.15) is 0 Å². The molecule has 3 aromatic heterocycles. The Morgan fingerprint density at radius 2 is 1.93 bits per heavy atom. The fraction of sp³-hybridized carbons (Fsp3) is 0.150. The summed E-state index contributed by atoms with van der Waals surface area (Å²) in [7, 11) is 0. The van der Waals surface area contributed by atoms with Gasteiger partial charge in [0.15, 0.2) is 0 Å². The molecule has 0 bridgehead atoms. The van der Waals surface area contributed by atoms with Crippen LogP contribution in [0.1, 0.15) is 5.56 Å². The quantitative estimate of drug-likeness (QED) is 0.458. The van der Waals surface area contributed by atoms with Crippen LogP contribution in [0.15, 0.2) is 61.1 Å². The number of benzene rings is 1. The number of aryl methyl sites for hydroxylation is 1. The number of imidazole rings is 1. The molecule has 0 saturated carbocycles. The van der Waals surface area contributed by atoms with Crippen LogP contribution in [0.4, 0.5) is 17.5 Å². The minimum atomic E-state index is 0.651. The summed E-state index contributed by atoms with van der Waals surface area (Å²) in [6, 6.07) is 14.0. The lowest BCUT2D eigenvalue weighted by molar-refractivity contribution is 0.995. The zero-order valence-electron chi connectivity index (χ0n) is 15.1. The fourth-order valence-electron chi connectivity index (χ4n) is 2.88. The van der Waals surface area contributed by atoms with Gasteiger partial charge < -0.3 is 16.4 Å². The molecule has 136 valence electrons. The summed E-state index contributed by atoms with van der Waals surface area (Å²) in [5, 5.41) is 6.63. The number of nitrogens with one attached hydrogen (secondary N) is 2. The van der Waals surface area contributed by atoms with Crippen LogP contribution in [0.2, 0.25) is 0 Å². The van der Waals surface area contributed by atoms with Crippen LogP contribution in [0, 0.1) is 6.92 Å². The first-order valence-corrected chi connectivity index (χ1v) is 8.79. The van der Waals surface area contributed by atoms with E-state index in [0.29, 0.717) is 18.8 Å². The number of rotatable bonds is 6. The van der Waals surface area contributed by atoms with Crippen molar-refractivity contribution in [1.82, 2.24) is 19.4 Å². The van der Waals surface area contributed by atoms with Crippen LogP contribution < -0.4 is 16.4 Å². The van der Waals surface area contributed by atoms with E-state index in [4.69, 9.17) is 10.7 Å². The van der Waals surface area contributed by atoms with E-state index in [1.807, 2.05) is 34.9 Å². The van der Waals surface area contributed by atoms with Crippen molar-refractivity contribution in [3.05, 3.63) is 66.6 Å². The molecule has 0 radical (unpaired) electrons. The Morgan fingerprint density at radius 3 is 2.74 bits per heavy atom. The minimum absolute atomic E-state index is 0.651. The molecule has 0 aliphatic heterocycles. The number of fused-ring (bicyclic) bond motifs is 1. The maximum atomic E-state index is 5.65. The molecule has 4 aromatic rings. The van der Waals surface area contributed by atoms with E-state index in [0.717, 1.165) is 28.7 Å². The van der Waals surface area contributed by atoms with Gasteiger partial charge in [0.1, 0.15) is 11.5 Å². The Labute approximate surface area is 157 Å². The smallest absolute Gasteiger partial charge is 0.209 e. The standard InChI is InChI=1S/C20H21N7/c1-14-3-2-4-15(11-14)17-12-19-23-9-10-27(19)20(26-17)24-8-7-22-18-6-5-16(21)13-25-18/h2-6,9-13H,7-8,21H2,1H3,(H,22,25)(H,24,26). The molecule has 1 aromatic carbocycles. The second-order valence-electron chi connectivity index (χ2n) is 6.32. The third-order valence-electron chi connectivity index (χ3n) is 4.20. The van der Waals surface area contributed by atoms with Gasteiger partial charge in [-0.3, -0.25) is 4.40 Å². The van der Waals surface area contributed by atoms with Gasteiger partial charge in [0.25, 0.3) is 0 Å². The Balaban J connectivity index is 1.50. The monoisotopic (exact) mass is 359 g/mol. The van der Waals surface area contributed by atoms with Crippen molar-refractivity contribution in [2.75, 3.05) is 29.5 Å². The molecule has 0 aliphatic carbocycles. The minimum Gasteiger partial charge on any atom is -0.397 e. The van der Waals surface area contributed by atoms with Gasteiger partial charge in [0, 0.05) is 37.1 Å². The summed E-state index contributed by atoms with van der Waals surface area (Å²) < 4.78 is 1.95. The Hall–Kier alpha value is -3.61. The van der Waals surface area contributed by atoms with Gasteiger partial charge in [-0.05, 0) is 25.1 Å². The lowest BCUT2D eigenvalue weighted by Crippen LogP contribution is -2.16. The molecule has 0 atom stereocenters. The number of nitrogen functional groups attached to an aromatic ring is 1. The third-order valence-corrected chi connectivity index (χ3v) is 4.20. The van der Waals surface area contributed by atoms with E-state index < -0.39 is 0 Å². The lowest BCUT2D eigenvalue weighted by atomic mass is 10.1. The molecular weight excluding hydrogens is 338 g/mol. The normalized spacial score (nSPS) is 10.9. The summed E-state index contributed by atoms with van der Waals surface area (Å²) in [4.78, 5) is 13.4. The predicted octanol–water partition coefficient (Wildman–Crippen LogP) is 3.21. The molecule has 7 nitrogen and oxygen atoms in total. The van der Waals surface area contributed by atoms with E-state index in [1.54, 1.807) is 12.4 Å². The second kappa shape index (κ2) is 7.33. The van der Waals surface area contributed by atoms with Crippen molar-refractivity contribution in [3.8, 4) is 11.3 Å². The molecule has 0 unspecified atom stereocenters. The van der Waals surface area contributed by atoms with E-state index in [-0.39, 0.29) is 0 Å². The Morgan fingerprint density at radius 1 is 1.04 bits per heavy atom. The van der Waals surface area contributed by atoms with Crippen LogP contribution >= 0.6 is 0 Å². The van der Waals surface area contributed by atoms with Gasteiger partial charge in [0.05, 0.1) is 17.6 Å². The number of hydrogen-bond donors (Lipinski definition) is 3. The van der Waals surface area contributed by atoms with E-state index >= 15 is 0 Å². The van der Waals surface area contributed by atoms with Crippen molar-refractivity contribution in [2.45, 2.75) is 6.92 Å². The molecule has 0 amide bonds. The summed E-state index contributed by atoms with van der Waals surface area (Å²) in [6.07, 6.45) is 5.32. The molecule has 0 aliphatic rings. The van der Waals surface area contributed by atoms with Crippen LogP contribution in [0.25, 0.3) is 16.9 Å². The van der Waals surface area contributed by atoms with Crippen LogP contribution in [0.5, 0.6) is 0 Å². The summed E-state index contributed by atoms with van der Waals surface area (Å²) >= 11 is 0. The summed E-state index contributed by atoms with van der Waals surface area (Å²) in [5.74, 6) is 1.55. The highest BCUT2D eigenvalue weighted by molar-refractivity contribution is 5.66. The highest BCUT2D eigenvalue weighted by atomic mass is 15.2. The molecule has 0 spiro atoms. The van der Waals surface area contributed by atoms with Crippen molar-refractivity contribution in [3.63, 3.8) is 0 Å². The maximum Gasteiger partial charge on any atom is 0.209 e. The van der Waals surface area contributed by atoms with Gasteiger partial charge in [-0.25, -0.2) is 15.0 Å². The first kappa shape index (κ1) is 16.8. The van der Waals surface area contributed by atoms with Gasteiger partial charge in [-0.15, -0.1) is 0 Å². The SMILES string of the molecule is Cc1cccc(-c2cc3nccn3c(NCCNc3ccc(N)cn3)n2)c1. The van der Waals surface area contributed by atoms with Crippen LogP contribution in [-0.4, -0.2) is 32.4 Å². The zero-order valence-corrected chi connectivity index (χ0v) is 15.1. The first-order valence-electron chi connectivity index (χ1n) is 8.79. The number of nitrogens with zero attached hydrogens (tertiary/aromatic N) is 4.